The van der Waals surface area contributed by atoms with E-state index in [1.54, 1.807) is 6.92 Å². The molecular weight excluding hydrogens is 308 g/mol. The summed E-state index contributed by atoms with van der Waals surface area (Å²) in [5, 5.41) is 2.27. The highest BCUT2D eigenvalue weighted by Gasteiger charge is 2.27. The van der Waals surface area contributed by atoms with Crippen molar-refractivity contribution in [3.05, 3.63) is 59.2 Å². The molecule has 1 amide bonds. The average Bonchev–Trinajstić information content (AvgIpc) is 2.54. The first-order valence-corrected chi connectivity index (χ1v) is 6.54. The normalized spacial score (nSPS) is 11.7. The monoisotopic (exact) mass is 321 g/mol. The second-order valence-electron chi connectivity index (χ2n) is 4.64. The topological polar surface area (TPSA) is 81.2 Å². The molecule has 0 aliphatic carbocycles. The summed E-state index contributed by atoms with van der Waals surface area (Å²) >= 11 is 0. The molecule has 0 aliphatic heterocycles. The molecule has 0 unspecified atom stereocenters. The summed E-state index contributed by atoms with van der Waals surface area (Å²) in [6.45, 7) is 1.69. The van der Waals surface area contributed by atoms with Crippen molar-refractivity contribution in [3.8, 4) is 0 Å². The minimum Gasteiger partial charge on any atom is -0.467 e. The molecule has 120 valence electrons. The van der Waals surface area contributed by atoms with Crippen LogP contribution in [0.15, 0.2) is 30.6 Å². The zero-order valence-corrected chi connectivity index (χ0v) is 12.3. The molecule has 1 atom stereocenters. The second kappa shape index (κ2) is 6.91. The SMILES string of the molecule is COC(=O)[C@@H](NC(=O)c1cnc(C)cn1)c1cc(F)ccc1F. The molecule has 23 heavy (non-hydrogen) atoms. The van der Waals surface area contributed by atoms with E-state index in [0.717, 1.165) is 25.3 Å². The summed E-state index contributed by atoms with van der Waals surface area (Å²) in [7, 11) is 1.07. The van der Waals surface area contributed by atoms with Gasteiger partial charge in [0.1, 0.15) is 17.3 Å². The van der Waals surface area contributed by atoms with Crippen LogP contribution >= 0.6 is 0 Å². The molecule has 0 saturated carbocycles. The van der Waals surface area contributed by atoms with Crippen molar-refractivity contribution < 1.29 is 23.1 Å². The number of carbonyl (C=O) groups excluding carboxylic acids is 2. The first-order valence-electron chi connectivity index (χ1n) is 6.54. The van der Waals surface area contributed by atoms with Gasteiger partial charge in [0, 0.05) is 11.8 Å². The van der Waals surface area contributed by atoms with Gasteiger partial charge in [-0.3, -0.25) is 9.78 Å². The van der Waals surface area contributed by atoms with Crippen molar-refractivity contribution in [2.45, 2.75) is 13.0 Å². The molecular formula is C15H13F2N3O3. The highest BCUT2D eigenvalue weighted by atomic mass is 19.1. The number of methoxy groups -OCH3 is 1. The standard InChI is InChI=1S/C15H13F2N3O3/c1-8-6-19-12(7-18-8)14(21)20-13(15(22)23-2)10-5-9(16)3-4-11(10)17/h3-7,13H,1-2H3,(H,20,21)/t13-/m0/s1. The van der Waals surface area contributed by atoms with Gasteiger partial charge in [-0.05, 0) is 25.1 Å². The minimum atomic E-state index is -1.51. The number of amides is 1. The van der Waals surface area contributed by atoms with Gasteiger partial charge in [0.05, 0.1) is 19.0 Å². The largest absolute Gasteiger partial charge is 0.467 e. The number of nitrogens with zero attached hydrogens (tertiary/aromatic N) is 2. The molecule has 6 nitrogen and oxygen atoms in total. The Balaban J connectivity index is 2.32. The molecule has 2 rings (SSSR count). The van der Waals surface area contributed by atoms with Crippen LogP contribution in [0.4, 0.5) is 8.78 Å². The predicted molar refractivity (Wildman–Crippen MR) is 75.4 cm³/mol. The van der Waals surface area contributed by atoms with E-state index in [2.05, 4.69) is 20.0 Å². The van der Waals surface area contributed by atoms with Gasteiger partial charge in [0.15, 0.2) is 6.04 Å². The molecule has 0 spiro atoms. The molecule has 1 aromatic heterocycles. The quantitative estimate of drug-likeness (QED) is 0.867. The predicted octanol–water partition coefficient (Wildman–Crippen LogP) is 1.71. The van der Waals surface area contributed by atoms with E-state index in [1.165, 1.54) is 12.4 Å². The Morgan fingerprint density at radius 1 is 1.22 bits per heavy atom. The summed E-state index contributed by atoms with van der Waals surface area (Å²) < 4.78 is 31.7. The van der Waals surface area contributed by atoms with E-state index in [4.69, 9.17) is 0 Å². The first kappa shape index (κ1) is 16.5. The van der Waals surface area contributed by atoms with Crippen molar-refractivity contribution in [3.63, 3.8) is 0 Å². The summed E-state index contributed by atoms with van der Waals surface area (Å²) in [6, 6.07) is 1.07. The van der Waals surface area contributed by atoms with E-state index in [-0.39, 0.29) is 11.3 Å². The lowest BCUT2D eigenvalue weighted by Gasteiger charge is -2.17. The number of aryl methyl sites for hydroxylation is 1. The van der Waals surface area contributed by atoms with Crippen LogP contribution in [0, 0.1) is 18.6 Å². The second-order valence-corrected chi connectivity index (χ2v) is 4.64. The maximum atomic E-state index is 13.9. The third kappa shape index (κ3) is 3.85. The van der Waals surface area contributed by atoms with Crippen LogP contribution in [0.1, 0.15) is 27.8 Å². The van der Waals surface area contributed by atoms with Gasteiger partial charge in [-0.1, -0.05) is 0 Å². The van der Waals surface area contributed by atoms with Crippen LogP contribution in [0.5, 0.6) is 0 Å². The number of rotatable bonds is 4. The van der Waals surface area contributed by atoms with E-state index < -0.39 is 29.6 Å². The van der Waals surface area contributed by atoms with Gasteiger partial charge in [0.2, 0.25) is 0 Å². The minimum absolute atomic E-state index is 0.0682. The fraction of sp³-hybridized carbons (Fsp3) is 0.200. The number of carbonyl (C=O) groups is 2. The smallest absolute Gasteiger partial charge is 0.333 e. The lowest BCUT2D eigenvalue weighted by molar-refractivity contribution is -0.143. The highest BCUT2D eigenvalue weighted by Crippen LogP contribution is 2.20. The summed E-state index contributed by atoms with van der Waals surface area (Å²) in [4.78, 5) is 31.7. The number of benzene rings is 1. The van der Waals surface area contributed by atoms with Crippen molar-refractivity contribution in [1.29, 1.82) is 0 Å². The van der Waals surface area contributed by atoms with Crippen molar-refractivity contribution in [1.82, 2.24) is 15.3 Å². The zero-order valence-electron chi connectivity index (χ0n) is 12.3. The molecule has 2 aromatic rings. The summed E-state index contributed by atoms with van der Waals surface area (Å²) in [5.74, 6) is -3.31. The van der Waals surface area contributed by atoms with Gasteiger partial charge in [-0.15, -0.1) is 0 Å². The Hall–Kier alpha value is -2.90. The van der Waals surface area contributed by atoms with Crippen molar-refractivity contribution in [2.75, 3.05) is 7.11 Å². The van der Waals surface area contributed by atoms with E-state index in [1.807, 2.05) is 0 Å². The molecule has 1 aromatic carbocycles. The summed E-state index contributed by atoms with van der Waals surface area (Å²) in [5.41, 5.74) is 0.189. The number of ether oxygens (including phenoxy) is 1. The first-order chi connectivity index (χ1) is 10.9. The van der Waals surface area contributed by atoms with Crippen LogP contribution in [0.2, 0.25) is 0 Å². The van der Waals surface area contributed by atoms with Crippen molar-refractivity contribution >= 4 is 11.9 Å². The Kier molecular flexibility index (Phi) is 4.95. The van der Waals surface area contributed by atoms with Gasteiger partial charge < -0.3 is 10.1 Å². The Morgan fingerprint density at radius 3 is 2.57 bits per heavy atom. The molecule has 0 radical (unpaired) electrons. The average molecular weight is 321 g/mol. The Morgan fingerprint density at radius 2 is 1.96 bits per heavy atom. The molecule has 1 heterocycles. The van der Waals surface area contributed by atoms with Crippen LogP contribution < -0.4 is 5.32 Å². The molecule has 0 bridgehead atoms. The van der Waals surface area contributed by atoms with Crippen LogP contribution in [-0.4, -0.2) is 29.0 Å². The van der Waals surface area contributed by atoms with Gasteiger partial charge in [-0.2, -0.15) is 0 Å². The highest BCUT2D eigenvalue weighted by molar-refractivity contribution is 5.95. The maximum Gasteiger partial charge on any atom is 0.333 e. The van der Waals surface area contributed by atoms with Gasteiger partial charge >= 0.3 is 5.97 Å². The van der Waals surface area contributed by atoms with Crippen LogP contribution in [-0.2, 0) is 9.53 Å². The third-order valence-corrected chi connectivity index (χ3v) is 2.99. The lowest BCUT2D eigenvalue weighted by atomic mass is 10.1. The third-order valence-electron chi connectivity index (χ3n) is 2.99. The molecule has 8 heteroatoms. The van der Waals surface area contributed by atoms with Gasteiger partial charge in [-0.25, -0.2) is 18.6 Å². The number of esters is 1. The fourth-order valence-electron chi connectivity index (χ4n) is 1.83. The number of hydrogen-bond acceptors (Lipinski definition) is 5. The Labute approximate surface area is 130 Å². The molecule has 1 N–H and O–H groups in total. The fourth-order valence-corrected chi connectivity index (χ4v) is 1.83. The summed E-state index contributed by atoms with van der Waals surface area (Å²) in [6.07, 6.45) is 2.58. The van der Waals surface area contributed by atoms with Crippen LogP contribution in [0.3, 0.4) is 0 Å². The van der Waals surface area contributed by atoms with Crippen LogP contribution in [0.25, 0.3) is 0 Å². The number of hydrogen-bond donors (Lipinski definition) is 1. The van der Waals surface area contributed by atoms with Gasteiger partial charge in [0.25, 0.3) is 5.91 Å². The van der Waals surface area contributed by atoms with E-state index in [9.17, 15) is 18.4 Å². The number of halogens is 2. The number of aromatic nitrogens is 2. The maximum absolute atomic E-state index is 13.9. The van der Waals surface area contributed by atoms with E-state index in [0.29, 0.717) is 5.69 Å². The molecule has 0 aliphatic rings. The molecule has 0 fully saturated rings. The lowest BCUT2D eigenvalue weighted by Crippen LogP contribution is -2.35. The zero-order chi connectivity index (χ0) is 17.0. The number of nitrogens with one attached hydrogen (secondary N) is 1. The van der Waals surface area contributed by atoms with E-state index >= 15 is 0 Å². The Bertz CT molecular complexity index is 735. The molecule has 0 saturated heterocycles. The van der Waals surface area contributed by atoms with Crippen molar-refractivity contribution in [2.24, 2.45) is 0 Å².